The molecule has 0 saturated heterocycles. The Morgan fingerprint density at radius 3 is 2.58 bits per heavy atom. The largest absolute Gasteiger partial charge is 0.326 e. The molecule has 0 aliphatic rings. The first-order valence-electron chi connectivity index (χ1n) is 6.70. The maximum absolute atomic E-state index is 13.2. The van der Waals surface area contributed by atoms with Gasteiger partial charge in [0.25, 0.3) is 0 Å². The number of hydrogen-bond acceptors (Lipinski definition) is 2. The lowest BCUT2D eigenvalue weighted by molar-refractivity contribution is 0.614. The molecule has 0 fully saturated rings. The second kappa shape index (κ2) is 5.97. The number of rotatable bonds is 5. The van der Waals surface area contributed by atoms with Crippen molar-refractivity contribution in [2.75, 3.05) is 0 Å². The van der Waals surface area contributed by atoms with Gasteiger partial charge in [0, 0.05) is 12.2 Å². The number of halogens is 1. The molecule has 0 radical (unpaired) electrons. The number of aromatic nitrogens is 2. The number of aryl methyl sites for hydroxylation is 2. The lowest BCUT2D eigenvalue weighted by Crippen LogP contribution is -2.10. The first-order valence-corrected chi connectivity index (χ1v) is 6.70. The summed E-state index contributed by atoms with van der Waals surface area (Å²) < 4.78 is 15.2. The molecule has 2 rings (SSSR count). The van der Waals surface area contributed by atoms with E-state index >= 15 is 0 Å². The van der Waals surface area contributed by atoms with Crippen LogP contribution in [0.1, 0.15) is 36.4 Å². The Morgan fingerprint density at radius 1 is 1.16 bits per heavy atom. The maximum Gasteiger partial charge on any atom is 0.123 e. The molecule has 19 heavy (non-hydrogen) atoms. The topological polar surface area (TPSA) is 43.8 Å². The molecule has 0 unspecified atom stereocenters. The Kier molecular flexibility index (Phi) is 4.32. The summed E-state index contributed by atoms with van der Waals surface area (Å²) in [6.45, 7) is 5.20. The van der Waals surface area contributed by atoms with Crippen LogP contribution in [0.25, 0.3) is 0 Å². The van der Waals surface area contributed by atoms with Gasteiger partial charge in [-0.05, 0) is 42.2 Å². The van der Waals surface area contributed by atoms with Crippen LogP contribution in [0.4, 0.5) is 4.39 Å². The van der Waals surface area contributed by atoms with Crippen molar-refractivity contribution in [3.8, 4) is 0 Å². The smallest absolute Gasteiger partial charge is 0.123 e. The highest BCUT2D eigenvalue weighted by molar-refractivity contribution is 5.28. The van der Waals surface area contributed by atoms with E-state index in [1.54, 1.807) is 6.07 Å². The minimum atomic E-state index is -0.241. The van der Waals surface area contributed by atoms with E-state index in [0.29, 0.717) is 13.1 Å². The Labute approximate surface area is 113 Å². The molecule has 0 aliphatic carbocycles. The van der Waals surface area contributed by atoms with E-state index in [1.165, 1.54) is 17.8 Å². The molecule has 2 aromatic rings. The summed E-state index contributed by atoms with van der Waals surface area (Å²) in [5.74, 6) is -0.241. The van der Waals surface area contributed by atoms with Gasteiger partial charge in [-0.3, -0.25) is 4.68 Å². The number of benzene rings is 1. The first kappa shape index (κ1) is 13.7. The molecule has 0 bridgehead atoms. The van der Waals surface area contributed by atoms with Crippen molar-refractivity contribution in [1.29, 1.82) is 0 Å². The van der Waals surface area contributed by atoms with E-state index < -0.39 is 0 Å². The Hall–Kier alpha value is -1.68. The third-order valence-corrected chi connectivity index (χ3v) is 3.35. The van der Waals surface area contributed by atoms with Gasteiger partial charge in [0.05, 0.1) is 12.2 Å². The molecule has 1 aromatic carbocycles. The molecule has 0 spiro atoms. The fourth-order valence-electron chi connectivity index (χ4n) is 2.21. The molecule has 0 saturated carbocycles. The van der Waals surface area contributed by atoms with Crippen LogP contribution < -0.4 is 5.73 Å². The van der Waals surface area contributed by atoms with E-state index in [2.05, 4.69) is 25.0 Å². The van der Waals surface area contributed by atoms with Gasteiger partial charge in [0.15, 0.2) is 0 Å². The van der Waals surface area contributed by atoms with E-state index in [4.69, 9.17) is 5.73 Å². The van der Waals surface area contributed by atoms with Crippen molar-refractivity contribution in [1.82, 2.24) is 9.78 Å². The molecule has 4 heteroatoms. The minimum Gasteiger partial charge on any atom is -0.326 e. The fraction of sp³-hybridized carbons (Fsp3) is 0.400. The van der Waals surface area contributed by atoms with Crippen LogP contribution in [0.5, 0.6) is 0 Å². The molecule has 1 heterocycles. The van der Waals surface area contributed by atoms with Crippen LogP contribution in [0.15, 0.2) is 24.3 Å². The van der Waals surface area contributed by atoms with Crippen molar-refractivity contribution in [2.24, 2.45) is 5.73 Å². The zero-order valence-corrected chi connectivity index (χ0v) is 11.5. The summed E-state index contributed by atoms with van der Waals surface area (Å²) in [7, 11) is 0. The lowest BCUT2D eigenvalue weighted by atomic mass is 10.1. The van der Waals surface area contributed by atoms with Crippen molar-refractivity contribution in [3.63, 3.8) is 0 Å². The van der Waals surface area contributed by atoms with Crippen LogP contribution in [0.2, 0.25) is 0 Å². The standard InChI is InChI=1S/C15H20FN3/c1-3-14-8-15(4-2)19(18-14)10-11-5-6-13(16)7-12(11)9-17/h5-8H,3-4,9-10,17H2,1-2H3. The van der Waals surface area contributed by atoms with Gasteiger partial charge in [0.1, 0.15) is 5.82 Å². The predicted molar refractivity (Wildman–Crippen MR) is 74.4 cm³/mol. The Bertz CT molecular complexity index is 561. The molecular weight excluding hydrogens is 241 g/mol. The van der Waals surface area contributed by atoms with Crippen molar-refractivity contribution in [3.05, 3.63) is 52.6 Å². The number of nitrogens with zero attached hydrogens (tertiary/aromatic N) is 2. The van der Waals surface area contributed by atoms with Gasteiger partial charge in [-0.25, -0.2) is 4.39 Å². The SMILES string of the molecule is CCc1cc(CC)n(Cc2ccc(F)cc2CN)n1. The number of nitrogens with two attached hydrogens (primary N) is 1. The van der Waals surface area contributed by atoms with Crippen LogP contribution in [-0.4, -0.2) is 9.78 Å². The predicted octanol–water partition coefficient (Wildman–Crippen LogP) is 2.65. The summed E-state index contributed by atoms with van der Waals surface area (Å²) >= 11 is 0. The lowest BCUT2D eigenvalue weighted by Gasteiger charge is -2.10. The van der Waals surface area contributed by atoms with Crippen LogP contribution >= 0.6 is 0 Å². The normalized spacial score (nSPS) is 10.9. The summed E-state index contributed by atoms with van der Waals surface area (Å²) in [5, 5.41) is 4.57. The summed E-state index contributed by atoms with van der Waals surface area (Å²) in [4.78, 5) is 0. The highest BCUT2D eigenvalue weighted by Crippen LogP contribution is 2.15. The van der Waals surface area contributed by atoms with E-state index in [-0.39, 0.29) is 5.82 Å². The monoisotopic (exact) mass is 261 g/mol. The fourth-order valence-corrected chi connectivity index (χ4v) is 2.21. The molecule has 2 N–H and O–H groups in total. The average Bonchev–Trinajstić information content (AvgIpc) is 2.83. The van der Waals surface area contributed by atoms with Crippen molar-refractivity contribution < 1.29 is 4.39 Å². The van der Waals surface area contributed by atoms with Crippen molar-refractivity contribution in [2.45, 2.75) is 39.8 Å². The molecule has 1 aromatic heterocycles. The van der Waals surface area contributed by atoms with Crippen LogP contribution in [-0.2, 0) is 25.9 Å². The average molecular weight is 261 g/mol. The minimum absolute atomic E-state index is 0.241. The number of hydrogen-bond donors (Lipinski definition) is 1. The zero-order chi connectivity index (χ0) is 13.8. The third-order valence-electron chi connectivity index (χ3n) is 3.35. The van der Waals surface area contributed by atoms with Crippen molar-refractivity contribution >= 4 is 0 Å². The van der Waals surface area contributed by atoms with E-state index in [9.17, 15) is 4.39 Å². The zero-order valence-electron chi connectivity index (χ0n) is 11.5. The molecule has 0 aliphatic heterocycles. The van der Waals surface area contributed by atoms with Gasteiger partial charge in [-0.15, -0.1) is 0 Å². The molecule has 3 nitrogen and oxygen atoms in total. The van der Waals surface area contributed by atoms with Gasteiger partial charge in [-0.2, -0.15) is 5.10 Å². The second-order valence-corrected chi connectivity index (χ2v) is 4.61. The van der Waals surface area contributed by atoms with Crippen LogP contribution in [0, 0.1) is 5.82 Å². The van der Waals surface area contributed by atoms with Gasteiger partial charge in [0.2, 0.25) is 0 Å². The summed E-state index contributed by atoms with van der Waals surface area (Å²) in [5.41, 5.74) is 9.84. The van der Waals surface area contributed by atoms with E-state index in [0.717, 1.165) is 29.7 Å². The molecule has 102 valence electrons. The molecule has 0 amide bonds. The van der Waals surface area contributed by atoms with Gasteiger partial charge in [-0.1, -0.05) is 19.9 Å². The molecular formula is C15H20FN3. The first-order chi connectivity index (χ1) is 9.17. The third kappa shape index (κ3) is 3.01. The summed E-state index contributed by atoms with van der Waals surface area (Å²) in [6, 6.07) is 6.91. The highest BCUT2D eigenvalue weighted by Gasteiger charge is 2.09. The maximum atomic E-state index is 13.2. The van der Waals surface area contributed by atoms with Gasteiger partial charge >= 0.3 is 0 Å². The van der Waals surface area contributed by atoms with Gasteiger partial charge < -0.3 is 5.73 Å². The second-order valence-electron chi connectivity index (χ2n) is 4.61. The highest BCUT2D eigenvalue weighted by atomic mass is 19.1. The Balaban J connectivity index is 2.32. The summed E-state index contributed by atoms with van der Waals surface area (Å²) in [6.07, 6.45) is 1.86. The van der Waals surface area contributed by atoms with E-state index in [1.807, 2.05) is 4.68 Å². The quantitative estimate of drug-likeness (QED) is 0.899. The van der Waals surface area contributed by atoms with Crippen LogP contribution in [0.3, 0.4) is 0 Å². The Morgan fingerprint density at radius 2 is 1.95 bits per heavy atom. The molecule has 0 atom stereocenters.